The van der Waals surface area contributed by atoms with Gasteiger partial charge < -0.3 is 15.2 Å². The molecule has 62 valence electrons. The summed E-state index contributed by atoms with van der Waals surface area (Å²) in [5.41, 5.74) is 5.41. The van der Waals surface area contributed by atoms with Gasteiger partial charge in [0.15, 0.2) is 0 Å². The molecule has 0 aromatic heterocycles. The van der Waals surface area contributed by atoms with Crippen LogP contribution in [0.25, 0.3) is 0 Å². The van der Waals surface area contributed by atoms with Crippen molar-refractivity contribution in [2.24, 2.45) is 5.73 Å². The molecule has 0 aromatic rings. The van der Waals surface area contributed by atoms with E-state index in [1.807, 2.05) is 0 Å². The van der Waals surface area contributed by atoms with Crippen molar-refractivity contribution in [2.75, 3.05) is 6.61 Å². The first-order valence-corrected chi connectivity index (χ1v) is 3.32. The Kier molecular flexibility index (Phi) is 1.87. The average Bonchev–Trinajstić information content (AvgIpc) is 2.03. The minimum Gasteiger partial charge on any atom is -0.468 e. The van der Waals surface area contributed by atoms with Gasteiger partial charge >= 0.3 is 0 Å². The molecular formula is C7H11NO3. The van der Waals surface area contributed by atoms with Crippen molar-refractivity contribution in [1.82, 2.24) is 0 Å². The van der Waals surface area contributed by atoms with Crippen LogP contribution >= 0.6 is 0 Å². The van der Waals surface area contributed by atoms with E-state index in [1.54, 1.807) is 13.8 Å². The number of nitrogens with two attached hydrogens (primary N) is 1. The number of Topliss-reactive ketones (excluding diaryl/α,β-unsaturated/α-hetero) is 1. The Bertz CT molecular complexity index is 208. The normalized spacial score (nSPS) is 23.5. The van der Waals surface area contributed by atoms with E-state index in [-0.39, 0.29) is 18.1 Å². The molecule has 0 fully saturated rings. The van der Waals surface area contributed by atoms with Gasteiger partial charge in [0, 0.05) is 13.8 Å². The topological polar surface area (TPSA) is 61.5 Å². The lowest BCUT2D eigenvalue weighted by molar-refractivity contribution is -0.178. The van der Waals surface area contributed by atoms with Gasteiger partial charge in [-0.2, -0.15) is 0 Å². The van der Waals surface area contributed by atoms with E-state index >= 15 is 0 Å². The van der Waals surface area contributed by atoms with Gasteiger partial charge in [-0.25, -0.2) is 0 Å². The molecule has 11 heavy (non-hydrogen) atoms. The molecule has 2 N–H and O–H groups in total. The molecule has 0 saturated carbocycles. The second-order valence-corrected chi connectivity index (χ2v) is 2.80. The summed E-state index contributed by atoms with van der Waals surface area (Å²) < 4.78 is 10.1. The highest BCUT2D eigenvalue weighted by Gasteiger charge is 2.24. The van der Waals surface area contributed by atoms with Crippen LogP contribution in [-0.2, 0) is 14.3 Å². The summed E-state index contributed by atoms with van der Waals surface area (Å²) in [6.45, 7) is 3.42. The van der Waals surface area contributed by atoms with Gasteiger partial charge in [-0.3, -0.25) is 4.79 Å². The molecule has 0 aromatic carbocycles. The first-order valence-electron chi connectivity index (χ1n) is 3.32. The first-order chi connectivity index (χ1) is 5.01. The largest absolute Gasteiger partial charge is 0.468 e. The Labute approximate surface area is 65.0 Å². The molecular weight excluding hydrogens is 146 g/mol. The quantitative estimate of drug-likeness (QED) is 0.543. The van der Waals surface area contributed by atoms with Crippen LogP contribution in [0.3, 0.4) is 0 Å². The van der Waals surface area contributed by atoms with Gasteiger partial charge in [0.05, 0.1) is 0 Å². The highest BCUT2D eigenvalue weighted by Crippen LogP contribution is 2.15. The first kappa shape index (κ1) is 8.07. The van der Waals surface area contributed by atoms with Crippen LogP contribution < -0.4 is 5.73 Å². The highest BCUT2D eigenvalue weighted by atomic mass is 16.7. The van der Waals surface area contributed by atoms with Crippen molar-refractivity contribution >= 4 is 5.78 Å². The van der Waals surface area contributed by atoms with Crippen molar-refractivity contribution in [1.29, 1.82) is 0 Å². The smallest absolute Gasteiger partial charge is 0.207 e. The van der Waals surface area contributed by atoms with Gasteiger partial charge in [-0.05, 0) is 0 Å². The van der Waals surface area contributed by atoms with Crippen molar-refractivity contribution in [2.45, 2.75) is 19.6 Å². The lowest BCUT2D eigenvalue weighted by Gasteiger charge is -2.21. The van der Waals surface area contributed by atoms with Crippen LogP contribution in [-0.4, -0.2) is 18.2 Å². The highest BCUT2D eigenvalue weighted by molar-refractivity contribution is 5.95. The van der Waals surface area contributed by atoms with Crippen LogP contribution in [0.1, 0.15) is 13.8 Å². The lowest BCUT2D eigenvalue weighted by atomic mass is 10.3. The molecule has 0 unspecified atom stereocenters. The lowest BCUT2D eigenvalue weighted by Crippen LogP contribution is -2.26. The van der Waals surface area contributed by atoms with E-state index in [0.29, 0.717) is 0 Å². The van der Waals surface area contributed by atoms with Gasteiger partial charge in [-0.1, -0.05) is 0 Å². The van der Waals surface area contributed by atoms with Crippen LogP contribution in [0, 0.1) is 0 Å². The fourth-order valence-electron chi connectivity index (χ4n) is 0.628. The second kappa shape index (κ2) is 2.54. The Morgan fingerprint density at radius 3 is 2.91 bits per heavy atom. The summed E-state index contributed by atoms with van der Waals surface area (Å²) in [5, 5.41) is 0. The number of hydrogen-bond acceptors (Lipinski definition) is 4. The number of carbonyl (C=O) groups excluding carboxylic acids is 1. The zero-order valence-corrected chi connectivity index (χ0v) is 6.59. The Morgan fingerprint density at radius 2 is 2.27 bits per heavy atom. The summed E-state index contributed by atoms with van der Waals surface area (Å²) in [6.07, 6.45) is 1.23. The van der Waals surface area contributed by atoms with Crippen molar-refractivity contribution < 1.29 is 14.3 Å². The molecule has 0 radical (unpaired) electrons. The van der Waals surface area contributed by atoms with E-state index in [1.165, 1.54) is 6.26 Å². The van der Waals surface area contributed by atoms with E-state index in [0.717, 1.165) is 0 Å². The Hall–Kier alpha value is -1.03. The predicted molar refractivity (Wildman–Crippen MR) is 38.4 cm³/mol. The van der Waals surface area contributed by atoms with Gasteiger partial charge in [0.25, 0.3) is 0 Å². The molecule has 0 saturated heterocycles. The average molecular weight is 157 g/mol. The number of ether oxygens (including phenoxy) is 2. The predicted octanol–water partition coefficient (Wildman–Crippen LogP) is 0.138. The van der Waals surface area contributed by atoms with Gasteiger partial charge in [0.1, 0.15) is 18.6 Å². The molecule has 0 atom stereocenters. The monoisotopic (exact) mass is 157 g/mol. The second-order valence-electron chi connectivity index (χ2n) is 2.80. The SMILES string of the molecule is CC1(C)OC=C(N)C(=O)CO1. The zero-order valence-electron chi connectivity index (χ0n) is 6.59. The fourth-order valence-corrected chi connectivity index (χ4v) is 0.628. The molecule has 4 nitrogen and oxygen atoms in total. The van der Waals surface area contributed by atoms with Crippen LogP contribution in [0.5, 0.6) is 0 Å². The van der Waals surface area contributed by atoms with E-state index < -0.39 is 5.79 Å². The van der Waals surface area contributed by atoms with Crippen molar-refractivity contribution in [3.05, 3.63) is 12.0 Å². The van der Waals surface area contributed by atoms with Crippen LogP contribution in [0.4, 0.5) is 0 Å². The summed E-state index contributed by atoms with van der Waals surface area (Å²) in [5.74, 6) is -0.993. The van der Waals surface area contributed by atoms with E-state index in [4.69, 9.17) is 15.2 Å². The fraction of sp³-hybridized carbons (Fsp3) is 0.571. The Balaban J connectivity index is 2.74. The maximum Gasteiger partial charge on any atom is 0.207 e. The van der Waals surface area contributed by atoms with Crippen LogP contribution in [0.15, 0.2) is 12.0 Å². The maximum absolute atomic E-state index is 10.9. The summed E-state index contributed by atoms with van der Waals surface area (Å²) in [6, 6.07) is 0. The summed E-state index contributed by atoms with van der Waals surface area (Å²) in [4.78, 5) is 10.9. The zero-order chi connectivity index (χ0) is 8.48. The number of hydrogen-bond donors (Lipinski definition) is 1. The molecule has 0 spiro atoms. The minimum absolute atomic E-state index is 0.0185. The maximum atomic E-state index is 10.9. The van der Waals surface area contributed by atoms with E-state index in [9.17, 15) is 4.79 Å². The molecule has 1 heterocycles. The van der Waals surface area contributed by atoms with Crippen LogP contribution in [0.2, 0.25) is 0 Å². The molecule has 0 amide bonds. The molecule has 0 bridgehead atoms. The number of ketones is 1. The van der Waals surface area contributed by atoms with Crippen molar-refractivity contribution in [3.63, 3.8) is 0 Å². The molecule has 4 heteroatoms. The molecule has 0 aliphatic carbocycles. The third-order valence-corrected chi connectivity index (χ3v) is 1.34. The standard InChI is InChI=1S/C7H11NO3/c1-7(2)10-3-5(8)6(9)4-11-7/h3H,4,8H2,1-2H3. The number of carbonyl (C=O) groups is 1. The number of rotatable bonds is 0. The molecule has 1 rings (SSSR count). The van der Waals surface area contributed by atoms with Crippen molar-refractivity contribution in [3.8, 4) is 0 Å². The van der Waals surface area contributed by atoms with Gasteiger partial charge in [0.2, 0.25) is 11.6 Å². The third-order valence-electron chi connectivity index (χ3n) is 1.34. The van der Waals surface area contributed by atoms with Gasteiger partial charge in [-0.15, -0.1) is 0 Å². The molecule has 1 aliphatic heterocycles. The summed E-state index contributed by atoms with van der Waals surface area (Å²) in [7, 11) is 0. The summed E-state index contributed by atoms with van der Waals surface area (Å²) >= 11 is 0. The molecule has 1 aliphatic rings. The van der Waals surface area contributed by atoms with E-state index in [2.05, 4.69) is 0 Å². The Morgan fingerprint density at radius 1 is 1.64 bits per heavy atom. The third kappa shape index (κ3) is 1.94. The minimum atomic E-state index is -0.753.